The summed E-state index contributed by atoms with van der Waals surface area (Å²) in [6.45, 7) is 1.63. The van der Waals surface area contributed by atoms with Crippen LogP contribution in [-0.2, 0) is 11.2 Å². The van der Waals surface area contributed by atoms with Gasteiger partial charge in [0.15, 0.2) is 0 Å². The van der Waals surface area contributed by atoms with E-state index in [1.165, 1.54) is 6.07 Å². The number of carbonyl (C=O) groups is 1. The predicted octanol–water partition coefficient (Wildman–Crippen LogP) is 3.44. The van der Waals surface area contributed by atoms with Crippen LogP contribution in [0.5, 0.6) is 0 Å². The molecule has 0 unspecified atom stereocenters. The van der Waals surface area contributed by atoms with Gasteiger partial charge >= 0.3 is 0 Å². The number of hydrogen-bond donors (Lipinski definition) is 0. The van der Waals surface area contributed by atoms with Crippen LogP contribution in [-0.4, -0.2) is 11.1 Å². The molecule has 0 radical (unpaired) electrons. The Morgan fingerprint density at radius 3 is 2.60 bits per heavy atom. The van der Waals surface area contributed by atoms with Crippen molar-refractivity contribution in [1.29, 1.82) is 0 Å². The van der Waals surface area contributed by atoms with Crippen molar-refractivity contribution in [3.63, 3.8) is 0 Å². The van der Waals surface area contributed by atoms with Gasteiger partial charge in [-0.15, -0.1) is 0 Å². The first-order chi connectivity index (χ1) is 7.04. The highest BCUT2D eigenvalue weighted by Crippen LogP contribution is 2.23. The van der Waals surface area contributed by atoms with Crippen molar-refractivity contribution in [2.75, 3.05) is 5.33 Å². The smallest absolute Gasteiger partial charge is 0.264 e. The topological polar surface area (TPSA) is 17.1 Å². The molecule has 0 aliphatic carbocycles. The van der Waals surface area contributed by atoms with E-state index in [0.29, 0.717) is 10.9 Å². The lowest BCUT2D eigenvalue weighted by Gasteiger charge is -2.06. The molecule has 0 fully saturated rings. The fraction of sp³-hybridized carbons (Fsp3) is 0.364. The molecule has 0 spiro atoms. The minimum absolute atomic E-state index is 0.0324. The highest BCUT2D eigenvalue weighted by atomic mass is 79.9. The Bertz CT molecular complexity index is 364. The zero-order chi connectivity index (χ0) is 11.4. The molecule has 1 rings (SSSR count). The number of Topliss-reactive ketones (excluding diaryl/α,β-unsaturated/α-hetero) is 1. The first kappa shape index (κ1) is 12.3. The average Bonchev–Trinajstić information content (AvgIpc) is 2.17. The summed E-state index contributed by atoms with van der Waals surface area (Å²) in [6.07, 6.45) is -2.17. The van der Waals surface area contributed by atoms with Crippen molar-refractivity contribution < 1.29 is 13.6 Å². The van der Waals surface area contributed by atoms with Crippen LogP contribution < -0.4 is 0 Å². The number of rotatable bonds is 4. The quantitative estimate of drug-likeness (QED) is 0.770. The van der Waals surface area contributed by atoms with Crippen LogP contribution in [0.15, 0.2) is 18.2 Å². The lowest BCUT2D eigenvalue weighted by Crippen LogP contribution is -2.04. The fourth-order valence-corrected chi connectivity index (χ4v) is 1.57. The Balaban J connectivity index is 2.87. The van der Waals surface area contributed by atoms with Crippen LogP contribution in [0.25, 0.3) is 0 Å². The van der Waals surface area contributed by atoms with Gasteiger partial charge in [-0.05, 0) is 18.1 Å². The Kier molecular flexibility index (Phi) is 4.39. The minimum Gasteiger partial charge on any atom is -0.298 e. The first-order valence-electron chi connectivity index (χ1n) is 4.50. The van der Waals surface area contributed by atoms with Gasteiger partial charge in [0, 0.05) is 12.0 Å². The molecule has 0 bridgehead atoms. The fourth-order valence-electron chi connectivity index (χ4n) is 1.37. The summed E-state index contributed by atoms with van der Waals surface area (Å²) in [4.78, 5) is 11.1. The molecule has 0 N–H and O–H groups in total. The molecule has 0 aliphatic heterocycles. The predicted molar refractivity (Wildman–Crippen MR) is 58.6 cm³/mol. The summed E-state index contributed by atoms with van der Waals surface area (Å²) < 4.78 is 24.8. The van der Waals surface area contributed by atoms with E-state index >= 15 is 0 Å². The Labute approximate surface area is 95.6 Å². The highest BCUT2D eigenvalue weighted by Gasteiger charge is 2.11. The summed E-state index contributed by atoms with van der Waals surface area (Å²) in [5.41, 5.74) is 1.34. The molecule has 0 saturated heterocycles. The van der Waals surface area contributed by atoms with Gasteiger partial charge in [0.05, 0.1) is 5.33 Å². The van der Waals surface area contributed by atoms with Gasteiger partial charge in [-0.25, -0.2) is 8.78 Å². The van der Waals surface area contributed by atoms with Gasteiger partial charge in [-0.1, -0.05) is 34.1 Å². The van der Waals surface area contributed by atoms with E-state index in [9.17, 15) is 13.6 Å². The van der Waals surface area contributed by atoms with Crippen molar-refractivity contribution in [3.8, 4) is 0 Å². The number of aryl methyl sites for hydroxylation is 1. The second-order valence-corrected chi connectivity index (χ2v) is 3.90. The third kappa shape index (κ3) is 3.38. The summed E-state index contributed by atoms with van der Waals surface area (Å²) in [5.74, 6) is 0.0409. The maximum Gasteiger partial charge on any atom is 0.264 e. The van der Waals surface area contributed by atoms with E-state index in [2.05, 4.69) is 15.9 Å². The first-order valence-corrected chi connectivity index (χ1v) is 5.62. The van der Waals surface area contributed by atoms with Crippen molar-refractivity contribution in [2.24, 2.45) is 0 Å². The molecule has 1 aromatic carbocycles. The second kappa shape index (κ2) is 5.35. The average molecular weight is 277 g/mol. The van der Waals surface area contributed by atoms with Crippen LogP contribution >= 0.6 is 15.9 Å². The van der Waals surface area contributed by atoms with E-state index in [-0.39, 0.29) is 17.8 Å². The lowest BCUT2D eigenvalue weighted by molar-refractivity contribution is -0.115. The van der Waals surface area contributed by atoms with Gasteiger partial charge in [-0.2, -0.15) is 0 Å². The number of carbonyl (C=O) groups excluding carboxylic acids is 1. The molecule has 0 atom stereocenters. The summed E-state index contributed by atoms with van der Waals surface area (Å²) in [5, 5.41) is 0.294. The molecule has 0 aromatic heterocycles. The zero-order valence-electron chi connectivity index (χ0n) is 8.27. The monoisotopic (exact) mass is 276 g/mol. The van der Waals surface area contributed by atoms with E-state index in [0.717, 1.165) is 5.56 Å². The van der Waals surface area contributed by atoms with E-state index in [4.69, 9.17) is 0 Å². The molecular formula is C11H11BrF2O. The SMILES string of the molecule is Cc1cc(CC(=O)CBr)ccc1C(F)F. The van der Waals surface area contributed by atoms with Gasteiger partial charge in [0.1, 0.15) is 5.78 Å². The van der Waals surface area contributed by atoms with Gasteiger partial charge < -0.3 is 0 Å². The largest absolute Gasteiger partial charge is 0.298 e. The van der Waals surface area contributed by atoms with Crippen LogP contribution in [0.3, 0.4) is 0 Å². The number of benzene rings is 1. The highest BCUT2D eigenvalue weighted by molar-refractivity contribution is 9.09. The Morgan fingerprint density at radius 2 is 2.13 bits per heavy atom. The van der Waals surface area contributed by atoms with Crippen LogP contribution in [0.4, 0.5) is 8.78 Å². The lowest BCUT2D eigenvalue weighted by atomic mass is 10.0. The molecule has 1 nitrogen and oxygen atoms in total. The number of ketones is 1. The van der Waals surface area contributed by atoms with E-state index in [1.54, 1.807) is 19.1 Å². The zero-order valence-corrected chi connectivity index (χ0v) is 9.85. The standard InChI is InChI=1S/C11H11BrF2O/c1-7-4-8(5-9(15)6-12)2-3-10(7)11(13)14/h2-4,11H,5-6H2,1H3. The van der Waals surface area contributed by atoms with Crippen molar-refractivity contribution in [3.05, 3.63) is 34.9 Å². The third-order valence-electron chi connectivity index (χ3n) is 2.12. The second-order valence-electron chi connectivity index (χ2n) is 3.34. The van der Waals surface area contributed by atoms with Crippen molar-refractivity contribution in [2.45, 2.75) is 19.8 Å². The number of alkyl halides is 3. The molecule has 1 aromatic rings. The van der Waals surface area contributed by atoms with Crippen LogP contribution in [0.1, 0.15) is 23.1 Å². The molecular weight excluding hydrogens is 266 g/mol. The maximum atomic E-state index is 12.4. The summed E-state index contributed by atoms with van der Waals surface area (Å²) >= 11 is 3.06. The summed E-state index contributed by atoms with van der Waals surface area (Å²) in [7, 11) is 0. The number of halogens is 3. The van der Waals surface area contributed by atoms with Crippen molar-refractivity contribution >= 4 is 21.7 Å². The van der Waals surface area contributed by atoms with E-state index in [1.807, 2.05) is 0 Å². The normalized spacial score (nSPS) is 10.7. The van der Waals surface area contributed by atoms with Crippen molar-refractivity contribution in [1.82, 2.24) is 0 Å². The van der Waals surface area contributed by atoms with Gasteiger partial charge in [-0.3, -0.25) is 4.79 Å². The third-order valence-corrected chi connectivity index (χ3v) is 2.75. The Morgan fingerprint density at radius 1 is 1.47 bits per heavy atom. The molecule has 4 heteroatoms. The van der Waals surface area contributed by atoms with Crippen LogP contribution in [0.2, 0.25) is 0 Å². The summed E-state index contributed by atoms with van der Waals surface area (Å²) in [6, 6.07) is 4.61. The molecule has 15 heavy (non-hydrogen) atoms. The number of hydrogen-bond acceptors (Lipinski definition) is 1. The maximum absolute atomic E-state index is 12.4. The van der Waals surface area contributed by atoms with Gasteiger partial charge in [0.25, 0.3) is 6.43 Å². The molecule has 0 amide bonds. The molecule has 0 heterocycles. The molecule has 0 aliphatic rings. The minimum atomic E-state index is -2.45. The Hall–Kier alpha value is -0.770. The van der Waals surface area contributed by atoms with E-state index < -0.39 is 6.43 Å². The van der Waals surface area contributed by atoms with Crippen LogP contribution in [0, 0.1) is 6.92 Å². The van der Waals surface area contributed by atoms with Gasteiger partial charge in [0.2, 0.25) is 0 Å². The molecule has 0 saturated carbocycles. The molecule has 82 valence electrons.